The molecule has 0 saturated heterocycles. The molecule has 5 heteroatoms. The van der Waals surface area contributed by atoms with Gasteiger partial charge in [-0.3, -0.25) is 0 Å². The lowest BCUT2D eigenvalue weighted by molar-refractivity contribution is 0.260. The predicted molar refractivity (Wildman–Crippen MR) is 81.3 cm³/mol. The fraction of sp³-hybridized carbons (Fsp3) is 0.500. The summed E-state index contributed by atoms with van der Waals surface area (Å²) < 4.78 is 10.9. The van der Waals surface area contributed by atoms with Crippen molar-refractivity contribution in [2.45, 2.75) is 46.3 Å². The minimum Gasteiger partial charge on any atom is -0.484 e. The van der Waals surface area contributed by atoms with Crippen LogP contribution >= 0.6 is 0 Å². The van der Waals surface area contributed by atoms with Gasteiger partial charge in [-0.1, -0.05) is 19.1 Å². The van der Waals surface area contributed by atoms with Crippen molar-refractivity contribution in [3.05, 3.63) is 41.6 Å². The van der Waals surface area contributed by atoms with Crippen LogP contribution < -0.4 is 10.1 Å². The number of aromatic nitrogens is 2. The lowest BCUT2D eigenvalue weighted by Crippen LogP contribution is -2.25. The van der Waals surface area contributed by atoms with Crippen molar-refractivity contribution in [1.29, 1.82) is 0 Å². The van der Waals surface area contributed by atoms with E-state index in [4.69, 9.17) is 9.15 Å². The molecule has 2 rings (SSSR count). The number of ether oxygens (including phenoxy) is 1. The predicted octanol–water partition coefficient (Wildman–Crippen LogP) is 2.89. The van der Waals surface area contributed by atoms with Crippen molar-refractivity contribution in [2.75, 3.05) is 6.54 Å². The quantitative estimate of drug-likeness (QED) is 0.809. The Morgan fingerprint density at radius 2 is 2.00 bits per heavy atom. The summed E-state index contributed by atoms with van der Waals surface area (Å²) in [6.07, 6.45) is 2.20. The minimum absolute atomic E-state index is 0.303. The molecule has 0 fully saturated rings. The van der Waals surface area contributed by atoms with Gasteiger partial charge in [-0.25, -0.2) is 0 Å². The Balaban J connectivity index is 1.78. The Morgan fingerprint density at radius 1 is 1.24 bits per heavy atom. The summed E-state index contributed by atoms with van der Waals surface area (Å²) in [5.41, 5.74) is 1.32. The van der Waals surface area contributed by atoms with Crippen molar-refractivity contribution in [3.8, 4) is 5.75 Å². The zero-order chi connectivity index (χ0) is 15.1. The monoisotopic (exact) mass is 289 g/mol. The lowest BCUT2D eigenvalue weighted by Gasteiger charge is -2.12. The van der Waals surface area contributed by atoms with Gasteiger partial charge in [0.05, 0.1) is 0 Å². The second-order valence-corrected chi connectivity index (χ2v) is 5.14. The molecule has 1 unspecified atom stereocenters. The number of benzene rings is 1. The summed E-state index contributed by atoms with van der Waals surface area (Å²) in [5.74, 6) is 1.86. The van der Waals surface area contributed by atoms with Gasteiger partial charge < -0.3 is 14.5 Å². The molecule has 0 saturated carbocycles. The number of hydrogen-bond donors (Lipinski definition) is 1. The molecule has 21 heavy (non-hydrogen) atoms. The van der Waals surface area contributed by atoms with Crippen LogP contribution in [0.1, 0.15) is 37.6 Å². The average molecular weight is 289 g/mol. The second kappa shape index (κ2) is 7.78. The maximum absolute atomic E-state index is 5.62. The van der Waals surface area contributed by atoms with Crippen LogP contribution in [0.5, 0.6) is 5.75 Å². The van der Waals surface area contributed by atoms with Crippen LogP contribution in [-0.4, -0.2) is 22.8 Å². The fourth-order valence-corrected chi connectivity index (χ4v) is 2.13. The van der Waals surface area contributed by atoms with Gasteiger partial charge in [0.25, 0.3) is 5.89 Å². The van der Waals surface area contributed by atoms with Gasteiger partial charge in [0.1, 0.15) is 5.75 Å². The molecule has 1 aromatic heterocycles. The van der Waals surface area contributed by atoms with E-state index in [1.165, 1.54) is 5.56 Å². The summed E-state index contributed by atoms with van der Waals surface area (Å²) in [4.78, 5) is 0. The summed E-state index contributed by atoms with van der Waals surface area (Å²) >= 11 is 0. The van der Waals surface area contributed by atoms with Crippen LogP contribution in [0.25, 0.3) is 0 Å². The van der Waals surface area contributed by atoms with E-state index in [9.17, 15) is 0 Å². The first kappa shape index (κ1) is 15.5. The summed E-state index contributed by atoms with van der Waals surface area (Å²) in [6, 6.07) is 8.72. The Hall–Kier alpha value is -1.88. The third-order valence-corrected chi connectivity index (χ3v) is 3.27. The van der Waals surface area contributed by atoms with Gasteiger partial charge in [-0.2, -0.15) is 0 Å². The Labute approximate surface area is 125 Å². The average Bonchev–Trinajstić information content (AvgIpc) is 2.90. The van der Waals surface area contributed by atoms with Gasteiger partial charge in [-0.15, -0.1) is 10.2 Å². The van der Waals surface area contributed by atoms with Gasteiger partial charge >= 0.3 is 0 Å². The van der Waals surface area contributed by atoms with Gasteiger partial charge in [-0.05, 0) is 44.0 Å². The maximum atomic E-state index is 5.62. The highest BCUT2D eigenvalue weighted by Crippen LogP contribution is 2.15. The molecule has 0 aliphatic heterocycles. The highest BCUT2D eigenvalue weighted by molar-refractivity contribution is 5.27. The van der Waals surface area contributed by atoms with Crippen LogP contribution in [0.3, 0.4) is 0 Å². The molecule has 0 bridgehead atoms. The van der Waals surface area contributed by atoms with E-state index >= 15 is 0 Å². The van der Waals surface area contributed by atoms with Gasteiger partial charge in [0.15, 0.2) is 6.61 Å². The largest absolute Gasteiger partial charge is 0.484 e. The van der Waals surface area contributed by atoms with Crippen LogP contribution in [0.15, 0.2) is 28.7 Å². The Bertz CT molecular complexity index is 537. The molecule has 0 spiro atoms. The minimum atomic E-state index is 0.303. The Kier molecular flexibility index (Phi) is 5.75. The first-order valence-corrected chi connectivity index (χ1v) is 7.41. The molecule has 5 nitrogen and oxygen atoms in total. The van der Waals surface area contributed by atoms with Gasteiger partial charge in [0, 0.05) is 13.0 Å². The summed E-state index contributed by atoms with van der Waals surface area (Å²) in [6.45, 7) is 7.43. The number of rotatable bonds is 8. The van der Waals surface area contributed by atoms with E-state index in [0.717, 1.165) is 25.1 Å². The molecule has 1 heterocycles. The molecule has 0 aliphatic rings. The first-order chi connectivity index (χ1) is 10.2. The zero-order valence-corrected chi connectivity index (χ0v) is 12.9. The molecule has 0 radical (unpaired) electrons. The molecule has 0 amide bonds. The van der Waals surface area contributed by atoms with Crippen LogP contribution in [0, 0.1) is 6.92 Å². The Morgan fingerprint density at radius 3 is 2.62 bits per heavy atom. The first-order valence-electron chi connectivity index (χ1n) is 7.41. The smallest absolute Gasteiger partial charge is 0.253 e. The molecule has 2 aromatic rings. The lowest BCUT2D eigenvalue weighted by atomic mass is 10.1. The molecule has 1 aromatic carbocycles. The van der Waals surface area contributed by atoms with Crippen LogP contribution in [-0.2, 0) is 13.0 Å². The number of hydrogen-bond acceptors (Lipinski definition) is 5. The van der Waals surface area contributed by atoms with Crippen molar-refractivity contribution in [2.24, 2.45) is 0 Å². The van der Waals surface area contributed by atoms with Gasteiger partial charge in [0.2, 0.25) is 5.89 Å². The van der Waals surface area contributed by atoms with E-state index in [1.54, 1.807) is 6.92 Å². The zero-order valence-electron chi connectivity index (χ0n) is 12.9. The number of aryl methyl sites for hydroxylation is 2. The van der Waals surface area contributed by atoms with E-state index in [1.807, 2.05) is 12.1 Å². The number of nitrogens with zero attached hydrogens (tertiary/aromatic N) is 2. The highest BCUT2D eigenvalue weighted by Gasteiger charge is 2.04. The number of nitrogens with one attached hydrogen (secondary N) is 1. The SMILES string of the molecule is CCNC(C)CCc1ccc(OCc2nnc(C)o2)cc1. The molecule has 1 N–H and O–H groups in total. The normalized spacial score (nSPS) is 12.3. The van der Waals surface area contributed by atoms with Crippen LogP contribution in [0.4, 0.5) is 0 Å². The molecule has 114 valence electrons. The summed E-state index contributed by atoms with van der Waals surface area (Å²) in [7, 11) is 0. The van der Waals surface area contributed by atoms with E-state index in [2.05, 4.69) is 41.5 Å². The highest BCUT2D eigenvalue weighted by atomic mass is 16.5. The second-order valence-electron chi connectivity index (χ2n) is 5.14. The van der Waals surface area contributed by atoms with E-state index in [-0.39, 0.29) is 0 Å². The maximum Gasteiger partial charge on any atom is 0.253 e. The van der Waals surface area contributed by atoms with Crippen LogP contribution in [0.2, 0.25) is 0 Å². The molecule has 0 aliphatic carbocycles. The standard InChI is InChI=1S/C16H23N3O2/c1-4-17-12(2)5-6-14-7-9-15(10-8-14)20-11-16-19-18-13(3)21-16/h7-10,12,17H,4-6,11H2,1-3H3. The van der Waals surface area contributed by atoms with Crippen molar-refractivity contribution >= 4 is 0 Å². The van der Waals surface area contributed by atoms with Crippen molar-refractivity contribution in [1.82, 2.24) is 15.5 Å². The molecule has 1 atom stereocenters. The van der Waals surface area contributed by atoms with E-state index < -0.39 is 0 Å². The summed E-state index contributed by atoms with van der Waals surface area (Å²) in [5, 5.41) is 11.1. The fourth-order valence-electron chi connectivity index (χ4n) is 2.13. The topological polar surface area (TPSA) is 60.2 Å². The van der Waals surface area contributed by atoms with Crippen molar-refractivity contribution < 1.29 is 9.15 Å². The van der Waals surface area contributed by atoms with E-state index in [0.29, 0.717) is 24.4 Å². The van der Waals surface area contributed by atoms with Crippen molar-refractivity contribution in [3.63, 3.8) is 0 Å². The molecular weight excluding hydrogens is 266 g/mol. The third kappa shape index (κ3) is 5.19. The molecular formula is C16H23N3O2. The third-order valence-electron chi connectivity index (χ3n) is 3.27.